The Hall–Kier alpha value is -2.71. The quantitative estimate of drug-likeness (QED) is 0.519. The van der Waals surface area contributed by atoms with Crippen LogP contribution in [0.4, 0.5) is 5.13 Å². The SMILES string of the molecule is CCSc1nnc(NC(=O)c2ccccc2-c2ccccc2C(=O)[O-])s1. The first kappa shape index (κ1) is 18.1. The van der Waals surface area contributed by atoms with Crippen LogP contribution in [0.25, 0.3) is 11.1 Å². The fourth-order valence-electron chi connectivity index (χ4n) is 2.42. The van der Waals surface area contributed by atoms with Gasteiger partial charge in [-0.15, -0.1) is 10.2 Å². The number of carbonyl (C=O) groups is 2. The number of nitrogens with zero attached hydrogens (tertiary/aromatic N) is 2. The fourth-order valence-corrected chi connectivity index (χ4v) is 4.06. The van der Waals surface area contributed by atoms with Gasteiger partial charge >= 0.3 is 0 Å². The van der Waals surface area contributed by atoms with E-state index in [1.165, 1.54) is 17.4 Å². The number of anilines is 1. The van der Waals surface area contributed by atoms with Gasteiger partial charge in [-0.2, -0.15) is 0 Å². The van der Waals surface area contributed by atoms with Crippen molar-refractivity contribution in [1.29, 1.82) is 0 Å². The van der Waals surface area contributed by atoms with Gasteiger partial charge in [-0.3, -0.25) is 10.1 Å². The lowest BCUT2D eigenvalue weighted by atomic mass is 9.95. The first-order valence-electron chi connectivity index (χ1n) is 7.77. The highest BCUT2D eigenvalue weighted by molar-refractivity contribution is 8.01. The molecule has 0 saturated carbocycles. The summed E-state index contributed by atoms with van der Waals surface area (Å²) in [6.07, 6.45) is 0. The number of carboxylic acids is 1. The molecule has 0 radical (unpaired) electrons. The second-order valence-electron chi connectivity index (χ2n) is 5.14. The number of aromatic nitrogens is 2. The minimum Gasteiger partial charge on any atom is -0.545 e. The number of amides is 1. The van der Waals surface area contributed by atoms with E-state index in [1.807, 2.05) is 6.92 Å². The molecule has 0 saturated heterocycles. The summed E-state index contributed by atoms with van der Waals surface area (Å²) in [4.78, 5) is 24.1. The third-order valence-corrected chi connectivity index (χ3v) is 5.36. The van der Waals surface area contributed by atoms with E-state index in [0.29, 0.717) is 21.8 Å². The molecular formula is C18H14N3O3S2-. The highest BCUT2D eigenvalue weighted by atomic mass is 32.2. The number of benzene rings is 2. The zero-order chi connectivity index (χ0) is 18.5. The first-order valence-corrected chi connectivity index (χ1v) is 9.57. The van der Waals surface area contributed by atoms with E-state index >= 15 is 0 Å². The molecule has 1 aromatic heterocycles. The van der Waals surface area contributed by atoms with Gasteiger partial charge in [0.2, 0.25) is 5.13 Å². The monoisotopic (exact) mass is 384 g/mol. The van der Waals surface area contributed by atoms with Crippen LogP contribution in [-0.2, 0) is 0 Å². The third kappa shape index (κ3) is 3.92. The number of hydrogen-bond acceptors (Lipinski definition) is 7. The zero-order valence-electron chi connectivity index (χ0n) is 13.8. The molecule has 26 heavy (non-hydrogen) atoms. The number of carboxylic acid groups (broad SMARTS) is 1. The van der Waals surface area contributed by atoms with Gasteiger partial charge < -0.3 is 9.90 Å². The van der Waals surface area contributed by atoms with E-state index in [-0.39, 0.29) is 11.5 Å². The predicted octanol–water partition coefficient (Wildman–Crippen LogP) is 2.93. The molecule has 3 rings (SSSR count). The van der Waals surface area contributed by atoms with Crippen molar-refractivity contribution >= 4 is 40.1 Å². The maximum atomic E-state index is 12.7. The van der Waals surface area contributed by atoms with Crippen LogP contribution in [0.5, 0.6) is 0 Å². The molecule has 3 aromatic rings. The Bertz CT molecular complexity index is 956. The first-order chi connectivity index (χ1) is 12.6. The molecule has 1 N–H and O–H groups in total. The average molecular weight is 384 g/mol. The van der Waals surface area contributed by atoms with Gasteiger partial charge in [0.05, 0.1) is 5.97 Å². The van der Waals surface area contributed by atoms with Crippen molar-refractivity contribution in [1.82, 2.24) is 10.2 Å². The molecule has 132 valence electrons. The standard InChI is InChI=1S/C18H15N3O3S2/c1-2-25-18-21-20-17(26-18)19-15(22)13-9-5-3-7-11(13)12-8-4-6-10-14(12)16(23)24/h3-10H,2H2,1H3,(H,23,24)(H,19,20,22)/p-1. The summed E-state index contributed by atoms with van der Waals surface area (Å²) in [6.45, 7) is 2.01. The minimum absolute atomic E-state index is 0.0327. The molecule has 8 heteroatoms. The molecule has 0 aliphatic heterocycles. The second kappa shape index (κ2) is 8.11. The molecule has 0 spiro atoms. The van der Waals surface area contributed by atoms with Gasteiger partial charge in [0.25, 0.3) is 5.91 Å². The number of rotatable bonds is 6. The van der Waals surface area contributed by atoms with Gasteiger partial charge in [-0.1, -0.05) is 72.5 Å². The highest BCUT2D eigenvalue weighted by Gasteiger charge is 2.16. The van der Waals surface area contributed by atoms with E-state index in [4.69, 9.17) is 0 Å². The lowest BCUT2D eigenvalue weighted by Gasteiger charge is -2.13. The Kier molecular flexibility index (Phi) is 5.65. The molecular weight excluding hydrogens is 370 g/mol. The number of thioether (sulfide) groups is 1. The van der Waals surface area contributed by atoms with Crippen LogP contribution in [0.3, 0.4) is 0 Å². The van der Waals surface area contributed by atoms with E-state index in [0.717, 1.165) is 10.1 Å². The van der Waals surface area contributed by atoms with Gasteiger partial charge in [-0.25, -0.2) is 0 Å². The summed E-state index contributed by atoms with van der Waals surface area (Å²) in [5, 5.41) is 22.5. The maximum Gasteiger partial charge on any atom is 0.258 e. The van der Waals surface area contributed by atoms with Crippen LogP contribution in [0.2, 0.25) is 0 Å². The van der Waals surface area contributed by atoms with Crippen LogP contribution in [0.15, 0.2) is 52.9 Å². The normalized spacial score (nSPS) is 10.5. The minimum atomic E-state index is -1.29. The Morgan fingerprint density at radius 3 is 2.31 bits per heavy atom. The van der Waals surface area contributed by atoms with Gasteiger partial charge in [0.1, 0.15) is 0 Å². The zero-order valence-corrected chi connectivity index (χ0v) is 15.4. The smallest absolute Gasteiger partial charge is 0.258 e. The molecule has 0 fully saturated rings. The molecule has 0 aliphatic carbocycles. The molecule has 6 nitrogen and oxygen atoms in total. The molecule has 0 aliphatic rings. The number of hydrogen-bond donors (Lipinski definition) is 1. The number of aromatic carboxylic acids is 1. The van der Waals surface area contributed by atoms with Crippen LogP contribution < -0.4 is 10.4 Å². The van der Waals surface area contributed by atoms with Crippen LogP contribution in [0, 0.1) is 0 Å². The lowest BCUT2D eigenvalue weighted by Crippen LogP contribution is -2.23. The predicted molar refractivity (Wildman–Crippen MR) is 100 cm³/mol. The van der Waals surface area contributed by atoms with Gasteiger partial charge in [-0.05, 0) is 22.9 Å². The van der Waals surface area contributed by atoms with Gasteiger partial charge in [0.15, 0.2) is 4.34 Å². The van der Waals surface area contributed by atoms with Crippen LogP contribution in [0.1, 0.15) is 27.6 Å². The van der Waals surface area contributed by atoms with Crippen molar-refractivity contribution in [2.24, 2.45) is 0 Å². The Morgan fingerprint density at radius 1 is 1.04 bits per heavy atom. The van der Waals surface area contributed by atoms with Crippen molar-refractivity contribution in [3.05, 3.63) is 59.7 Å². The Balaban J connectivity index is 1.94. The van der Waals surface area contributed by atoms with Crippen molar-refractivity contribution in [3.63, 3.8) is 0 Å². The van der Waals surface area contributed by atoms with Crippen molar-refractivity contribution in [3.8, 4) is 11.1 Å². The van der Waals surface area contributed by atoms with E-state index in [2.05, 4.69) is 15.5 Å². The fraction of sp³-hybridized carbons (Fsp3) is 0.111. The number of nitrogens with one attached hydrogen (secondary N) is 1. The summed E-state index contributed by atoms with van der Waals surface area (Å²) >= 11 is 2.84. The maximum absolute atomic E-state index is 12.7. The van der Waals surface area contributed by atoms with E-state index < -0.39 is 5.97 Å². The van der Waals surface area contributed by atoms with Crippen molar-refractivity contribution in [2.75, 3.05) is 11.1 Å². The van der Waals surface area contributed by atoms with Gasteiger partial charge in [0, 0.05) is 11.1 Å². The molecule has 0 unspecified atom stereocenters. The van der Waals surface area contributed by atoms with Crippen LogP contribution >= 0.6 is 23.1 Å². The molecule has 0 bridgehead atoms. The summed E-state index contributed by atoms with van der Waals surface area (Å²) in [7, 11) is 0. The van der Waals surface area contributed by atoms with E-state index in [1.54, 1.807) is 54.2 Å². The molecule has 0 atom stereocenters. The highest BCUT2D eigenvalue weighted by Crippen LogP contribution is 2.29. The Labute approximate surface area is 158 Å². The largest absolute Gasteiger partial charge is 0.545 e. The van der Waals surface area contributed by atoms with Crippen molar-refractivity contribution < 1.29 is 14.7 Å². The Morgan fingerprint density at radius 2 is 1.65 bits per heavy atom. The summed E-state index contributed by atoms with van der Waals surface area (Å²) in [6, 6.07) is 13.3. The van der Waals surface area contributed by atoms with Crippen LogP contribution in [-0.4, -0.2) is 27.8 Å². The van der Waals surface area contributed by atoms with Crippen molar-refractivity contribution in [2.45, 2.75) is 11.3 Å². The second-order valence-corrected chi connectivity index (χ2v) is 7.63. The summed E-state index contributed by atoms with van der Waals surface area (Å²) in [5.41, 5.74) is 1.32. The summed E-state index contributed by atoms with van der Waals surface area (Å²) in [5.74, 6) is -0.801. The molecule has 2 aromatic carbocycles. The third-order valence-electron chi connectivity index (χ3n) is 3.50. The molecule has 1 amide bonds. The average Bonchev–Trinajstić information content (AvgIpc) is 3.09. The topological polar surface area (TPSA) is 95.0 Å². The summed E-state index contributed by atoms with van der Waals surface area (Å²) < 4.78 is 0.776. The van der Waals surface area contributed by atoms with E-state index in [9.17, 15) is 14.7 Å². The number of carbonyl (C=O) groups excluding carboxylic acids is 2. The molecule has 1 heterocycles. The lowest BCUT2D eigenvalue weighted by molar-refractivity contribution is -0.254.